The van der Waals surface area contributed by atoms with E-state index in [9.17, 15) is 14.7 Å². The van der Waals surface area contributed by atoms with Crippen molar-refractivity contribution in [1.82, 2.24) is 4.90 Å². The van der Waals surface area contributed by atoms with Gasteiger partial charge in [-0.2, -0.15) is 0 Å². The maximum Gasteiger partial charge on any atom is 0.329 e. The van der Waals surface area contributed by atoms with E-state index in [1.165, 1.54) is 6.42 Å². The molecule has 2 aliphatic carbocycles. The number of amides is 1. The van der Waals surface area contributed by atoms with Crippen molar-refractivity contribution in [3.05, 3.63) is 0 Å². The van der Waals surface area contributed by atoms with Gasteiger partial charge in [-0.25, -0.2) is 4.79 Å². The lowest BCUT2D eigenvalue weighted by molar-refractivity contribution is -0.157. The molecule has 2 aliphatic rings. The highest BCUT2D eigenvalue weighted by Crippen LogP contribution is 2.38. The maximum absolute atomic E-state index is 11.7. The average molecular weight is 239 g/mol. The molecule has 0 aromatic carbocycles. The summed E-state index contributed by atoms with van der Waals surface area (Å²) >= 11 is 0. The molecule has 2 saturated carbocycles. The molecule has 0 heterocycles. The summed E-state index contributed by atoms with van der Waals surface area (Å²) < 4.78 is 0. The van der Waals surface area contributed by atoms with Gasteiger partial charge in [0.15, 0.2) is 0 Å². The zero-order chi connectivity index (χ0) is 12.3. The molecule has 17 heavy (non-hydrogen) atoms. The van der Waals surface area contributed by atoms with Crippen molar-refractivity contribution in [2.45, 2.75) is 69.4 Å². The monoisotopic (exact) mass is 239 g/mol. The van der Waals surface area contributed by atoms with Gasteiger partial charge in [0, 0.05) is 6.04 Å². The number of nitrogens with zero attached hydrogens (tertiary/aromatic N) is 1. The first kappa shape index (κ1) is 12.4. The molecule has 0 aromatic heterocycles. The number of hydrogen-bond acceptors (Lipinski definition) is 2. The Hall–Kier alpha value is -1.06. The SMILES string of the molecule is O=CN(C1CC1)C1(C(=O)O)CCCCCCC1. The standard InChI is InChI=1S/C13H21NO3/c15-10-14(11-6-7-11)13(12(16)17)8-4-2-1-3-5-9-13/h10-11H,1-9H2,(H,16,17). The largest absolute Gasteiger partial charge is 0.479 e. The first-order valence-corrected chi connectivity index (χ1v) is 6.68. The van der Waals surface area contributed by atoms with Gasteiger partial charge in [0.2, 0.25) is 6.41 Å². The summed E-state index contributed by atoms with van der Waals surface area (Å²) in [5.74, 6) is -0.807. The number of carboxylic acid groups (broad SMARTS) is 1. The molecule has 96 valence electrons. The average Bonchev–Trinajstić information content (AvgIpc) is 3.05. The summed E-state index contributed by atoms with van der Waals surface area (Å²) in [6.45, 7) is 0. The second-order valence-electron chi connectivity index (χ2n) is 5.35. The highest BCUT2D eigenvalue weighted by Gasteiger charge is 2.48. The highest BCUT2D eigenvalue weighted by molar-refractivity contribution is 5.81. The van der Waals surface area contributed by atoms with Crippen LogP contribution < -0.4 is 0 Å². The van der Waals surface area contributed by atoms with Gasteiger partial charge in [-0.3, -0.25) is 4.79 Å². The van der Waals surface area contributed by atoms with Gasteiger partial charge in [0.05, 0.1) is 0 Å². The molecular formula is C13H21NO3. The van der Waals surface area contributed by atoms with Crippen LogP contribution in [0.5, 0.6) is 0 Å². The molecule has 0 saturated heterocycles. The fourth-order valence-electron chi connectivity index (χ4n) is 2.96. The van der Waals surface area contributed by atoms with Crippen LogP contribution in [0, 0.1) is 0 Å². The zero-order valence-corrected chi connectivity index (χ0v) is 10.2. The van der Waals surface area contributed by atoms with Gasteiger partial charge in [-0.05, 0) is 25.7 Å². The first-order chi connectivity index (χ1) is 8.20. The van der Waals surface area contributed by atoms with Crippen LogP contribution in [0.2, 0.25) is 0 Å². The van der Waals surface area contributed by atoms with Crippen LogP contribution in [0.25, 0.3) is 0 Å². The fourth-order valence-corrected chi connectivity index (χ4v) is 2.96. The van der Waals surface area contributed by atoms with Crippen LogP contribution in [0.3, 0.4) is 0 Å². The molecule has 0 spiro atoms. The van der Waals surface area contributed by atoms with E-state index in [1.54, 1.807) is 4.90 Å². The zero-order valence-electron chi connectivity index (χ0n) is 10.2. The Morgan fingerprint density at radius 3 is 2.06 bits per heavy atom. The van der Waals surface area contributed by atoms with Gasteiger partial charge in [-0.1, -0.05) is 32.1 Å². The molecule has 1 amide bonds. The van der Waals surface area contributed by atoms with E-state index < -0.39 is 11.5 Å². The van der Waals surface area contributed by atoms with Crippen LogP contribution in [0.1, 0.15) is 57.8 Å². The van der Waals surface area contributed by atoms with Crippen LogP contribution >= 0.6 is 0 Å². The summed E-state index contributed by atoms with van der Waals surface area (Å²) in [6.07, 6.45) is 9.16. The van der Waals surface area contributed by atoms with Gasteiger partial charge in [0.25, 0.3) is 0 Å². The van der Waals surface area contributed by atoms with Gasteiger partial charge >= 0.3 is 5.97 Å². The molecule has 2 rings (SSSR count). The Morgan fingerprint density at radius 1 is 1.12 bits per heavy atom. The van der Waals surface area contributed by atoms with E-state index in [4.69, 9.17) is 0 Å². The minimum absolute atomic E-state index is 0.183. The van der Waals surface area contributed by atoms with Crippen LogP contribution in [0.15, 0.2) is 0 Å². The first-order valence-electron chi connectivity index (χ1n) is 6.68. The van der Waals surface area contributed by atoms with Gasteiger partial charge in [-0.15, -0.1) is 0 Å². The third-order valence-electron chi connectivity index (χ3n) is 4.13. The molecule has 0 aliphatic heterocycles. The molecule has 0 bridgehead atoms. The van der Waals surface area contributed by atoms with Crippen molar-refractivity contribution in [2.75, 3.05) is 0 Å². The summed E-state index contributed by atoms with van der Waals surface area (Å²) in [5.41, 5.74) is -0.913. The highest BCUT2D eigenvalue weighted by atomic mass is 16.4. The van der Waals surface area contributed by atoms with E-state index in [2.05, 4.69) is 0 Å². The fraction of sp³-hybridized carbons (Fsp3) is 0.846. The number of rotatable bonds is 4. The topological polar surface area (TPSA) is 57.6 Å². The van der Waals surface area contributed by atoms with Crippen molar-refractivity contribution in [3.8, 4) is 0 Å². The van der Waals surface area contributed by atoms with Crippen molar-refractivity contribution >= 4 is 12.4 Å². The lowest BCUT2D eigenvalue weighted by atomic mass is 9.82. The number of carbonyl (C=O) groups is 2. The Morgan fingerprint density at radius 2 is 1.65 bits per heavy atom. The number of carboxylic acids is 1. The molecule has 0 aromatic rings. The van der Waals surface area contributed by atoms with Crippen molar-refractivity contribution in [3.63, 3.8) is 0 Å². The Kier molecular flexibility index (Phi) is 3.69. The Balaban J connectivity index is 2.20. The minimum Gasteiger partial charge on any atom is -0.479 e. The second-order valence-corrected chi connectivity index (χ2v) is 5.35. The lowest BCUT2D eigenvalue weighted by Crippen LogP contribution is -2.55. The summed E-state index contributed by atoms with van der Waals surface area (Å²) in [5, 5.41) is 9.58. The van der Waals surface area contributed by atoms with Crippen molar-refractivity contribution in [1.29, 1.82) is 0 Å². The predicted octanol–water partition coefficient (Wildman–Crippen LogP) is 2.17. The van der Waals surface area contributed by atoms with E-state index >= 15 is 0 Å². The maximum atomic E-state index is 11.7. The number of hydrogen-bond donors (Lipinski definition) is 1. The van der Waals surface area contributed by atoms with Crippen molar-refractivity contribution < 1.29 is 14.7 Å². The van der Waals surface area contributed by atoms with E-state index in [0.717, 1.165) is 44.9 Å². The molecule has 4 nitrogen and oxygen atoms in total. The summed E-state index contributed by atoms with van der Waals surface area (Å²) in [4.78, 5) is 24.5. The third kappa shape index (κ3) is 2.45. The quantitative estimate of drug-likeness (QED) is 0.765. The predicted molar refractivity (Wildman–Crippen MR) is 63.6 cm³/mol. The summed E-state index contributed by atoms with van der Waals surface area (Å²) in [7, 11) is 0. The molecule has 1 N–H and O–H groups in total. The Bertz CT molecular complexity index is 291. The molecule has 0 unspecified atom stereocenters. The molecule has 0 radical (unpaired) electrons. The number of aliphatic carboxylic acids is 1. The lowest BCUT2D eigenvalue weighted by Gasteiger charge is -2.40. The van der Waals surface area contributed by atoms with Crippen LogP contribution in [-0.2, 0) is 9.59 Å². The van der Waals surface area contributed by atoms with E-state index in [1.807, 2.05) is 0 Å². The van der Waals surface area contributed by atoms with Crippen molar-refractivity contribution in [2.24, 2.45) is 0 Å². The van der Waals surface area contributed by atoms with Crippen LogP contribution in [-0.4, -0.2) is 34.0 Å². The van der Waals surface area contributed by atoms with Gasteiger partial charge < -0.3 is 10.0 Å². The van der Waals surface area contributed by atoms with Crippen LogP contribution in [0.4, 0.5) is 0 Å². The molecule has 0 atom stereocenters. The minimum atomic E-state index is -0.913. The summed E-state index contributed by atoms with van der Waals surface area (Å²) in [6, 6.07) is 0.183. The normalized spacial score (nSPS) is 24.5. The van der Waals surface area contributed by atoms with Gasteiger partial charge in [0.1, 0.15) is 5.54 Å². The third-order valence-corrected chi connectivity index (χ3v) is 4.13. The molecular weight excluding hydrogens is 218 g/mol. The van der Waals surface area contributed by atoms with E-state index in [-0.39, 0.29) is 6.04 Å². The molecule has 4 heteroatoms. The smallest absolute Gasteiger partial charge is 0.329 e. The Labute approximate surface area is 102 Å². The van der Waals surface area contributed by atoms with E-state index in [0.29, 0.717) is 12.8 Å². The number of carbonyl (C=O) groups excluding carboxylic acids is 1. The second kappa shape index (κ2) is 5.07. The molecule has 2 fully saturated rings.